The highest BCUT2D eigenvalue weighted by Gasteiger charge is 2.15. The lowest BCUT2D eigenvalue weighted by atomic mass is 10.2. The Hall–Kier alpha value is -1.92. The number of aldehydes is 1. The first-order valence-electron chi connectivity index (χ1n) is 4.14. The molecule has 0 radical (unpaired) electrons. The fraction of sp³-hybridized carbons (Fsp3) is 0.500. The van der Waals surface area contributed by atoms with Crippen molar-refractivity contribution in [2.45, 2.75) is 25.3 Å². The third kappa shape index (κ3) is 7.17. The van der Waals surface area contributed by atoms with Gasteiger partial charge in [0.15, 0.2) is 0 Å². The zero-order chi connectivity index (χ0) is 11.8. The van der Waals surface area contributed by atoms with E-state index < -0.39 is 30.3 Å². The number of hydrogen-bond donors (Lipinski definition) is 3. The molecule has 3 N–H and O–H groups in total. The van der Waals surface area contributed by atoms with Crippen molar-refractivity contribution in [3.63, 3.8) is 0 Å². The maximum Gasteiger partial charge on any atom is 0.305 e. The molecule has 0 rings (SSSR count). The van der Waals surface area contributed by atoms with Gasteiger partial charge in [0.25, 0.3) is 0 Å². The van der Waals surface area contributed by atoms with Crippen molar-refractivity contribution in [3.8, 4) is 0 Å². The summed E-state index contributed by atoms with van der Waals surface area (Å²) in [6.45, 7) is 0. The van der Waals surface area contributed by atoms with Crippen molar-refractivity contribution in [1.82, 2.24) is 5.32 Å². The van der Waals surface area contributed by atoms with Gasteiger partial charge >= 0.3 is 11.9 Å². The van der Waals surface area contributed by atoms with Crippen molar-refractivity contribution < 1.29 is 29.4 Å². The summed E-state index contributed by atoms with van der Waals surface area (Å²) in [4.78, 5) is 41.6. The zero-order valence-corrected chi connectivity index (χ0v) is 7.80. The summed E-state index contributed by atoms with van der Waals surface area (Å²) in [6.07, 6.45) is -0.848. The third-order valence-corrected chi connectivity index (χ3v) is 1.47. The second-order valence-corrected chi connectivity index (χ2v) is 2.80. The molecule has 7 nitrogen and oxygen atoms in total. The molecule has 0 aliphatic carbocycles. The first-order valence-corrected chi connectivity index (χ1v) is 4.14. The van der Waals surface area contributed by atoms with Gasteiger partial charge in [0.05, 0.1) is 18.9 Å². The van der Waals surface area contributed by atoms with Gasteiger partial charge in [-0.15, -0.1) is 0 Å². The monoisotopic (exact) mass is 217 g/mol. The highest BCUT2D eigenvalue weighted by atomic mass is 16.4. The molecule has 0 heterocycles. The molecule has 15 heavy (non-hydrogen) atoms. The molecule has 0 bridgehead atoms. The van der Waals surface area contributed by atoms with Crippen LogP contribution in [0, 0.1) is 0 Å². The van der Waals surface area contributed by atoms with Gasteiger partial charge in [-0.05, 0) is 0 Å². The van der Waals surface area contributed by atoms with E-state index in [2.05, 4.69) is 5.32 Å². The number of carboxylic acid groups (broad SMARTS) is 2. The fourth-order valence-electron chi connectivity index (χ4n) is 0.821. The molecule has 0 saturated carbocycles. The van der Waals surface area contributed by atoms with Crippen LogP contribution >= 0.6 is 0 Å². The summed E-state index contributed by atoms with van der Waals surface area (Å²) in [6, 6.07) is -1.11. The zero-order valence-electron chi connectivity index (χ0n) is 7.80. The van der Waals surface area contributed by atoms with Crippen molar-refractivity contribution in [2.75, 3.05) is 0 Å². The second-order valence-electron chi connectivity index (χ2n) is 2.80. The normalized spacial score (nSPS) is 11.5. The molecule has 84 valence electrons. The molecule has 7 heteroatoms. The predicted molar refractivity (Wildman–Crippen MR) is 47.1 cm³/mol. The molecule has 0 fully saturated rings. The number of hydrogen-bond acceptors (Lipinski definition) is 4. The van der Waals surface area contributed by atoms with Crippen LogP contribution in [0.3, 0.4) is 0 Å². The number of carbonyl (C=O) groups excluding carboxylic acids is 2. The Morgan fingerprint density at radius 1 is 1.13 bits per heavy atom. The number of amides is 1. The molecular weight excluding hydrogens is 206 g/mol. The number of aliphatic carboxylic acids is 2. The Morgan fingerprint density at radius 3 is 2.13 bits per heavy atom. The molecule has 0 saturated heterocycles. The van der Waals surface area contributed by atoms with E-state index in [1.807, 2.05) is 0 Å². The molecule has 1 unspecified atom stereocenters. The van der Waals surface area contributed by atoms with E-state index in [9.17, 15) is 19.2 Å². The Labute approximate surface area is 85.1 Å². The van der Waals surface area contributed by atoms with Gasteiger partial charge < -0.3 is 20.3 Å². The Kier molecular flexibility index (Phi) is 5.69. The fourth-order valence-corrected chi connectivity index (χ4v) is 0.821. The molecule has 0 aliphatic heterocycles. The van der Waals surface area contributed by atoms with Gasteiger partial charge in [-0.1, -0.05) is 0 Å². The van der Waals surface area contributed by atoms with Gasteiger partial charge in [0.1, 0.15) is 6.29 Å². The molecule has 1 atom stereocenters. The molecular formula is C8H11NO6. The number of carbonyl (C=O) groups is 4. The van der Waals surface area contributed by atoms with Crippen molar-refractivity contribution in [1.29, 1.82) is 0 Å². The molecule has 0 aromatic heterocycles. The van der Waals surface area contributed by atoms with Crippen LogP contribution in [0.2, 0.25) is 0 Å². The van der Waals surface area contributed by atoms with Crippen LogP contribution in [-0.4, -0.2) is 40.4 Å². The van der Waals surface area contributed by atoms with Crippen molar-refractivity contribution in [2.24, 2.45) is 0 Å². The standard InChI is InChI=1S/C8H11NO6/c10-4-5(3-8(14)15)9-6(11)1-2-7(12)13/h4-5H,1-3H2,(H,9,11)(H,12,13)(H,14,15). The van der Waals surface area contributed by atoms with E-state index >= 15 is 0 Å². The largest absolute Gasteiger partial charge is 0.481 e. The van der Waals surface area contributed by atoms with E-state index in [0.29, 0.717) is 6.29 Å². The maximum absolute atomic E-state index is 11.0. The average Bonchev–Trinajstić information content (AvgIpc) is 2.13. The summed E-state index contributed by atoms with van der Waals surface area (Å²) in [5.74, 6) is -3.01. The molecule has 0 aromatic carbocycles. The van der Waals surface area contributed by atoms with Gasteiger partial charge in [-0.2, -0.15) is 0 Å². The van der Waals surface area contributed by atoms with Crippen molar-refractivity contribution in [3.05, 3.63) is 0 Å². The number of rotatable bonds is 7. The van der Waals surface area contributed by atoms with E-state index in [0.717, 1.165) is 0 Å². The van der Waals surface area contributed by atoms with Crippen LogP contribution in [0.15, 0.2) is 0 Å². The summed E-state index contributed by atoms with van der Waals surface area (Å²) in [5, 5.41) is 18.7. The molecule has 0 aliphatic rings. The molecule has 1 amide bonds. The van der Waals surface area contributed by atoms with Crippen molar-refractivity contribution >= 4 is 24.1 Å². The SMILES string of the molecule is O=CC(CC(=O)O)NC(=O)CCC(=O)O. The van der Waals surface area contributed by atoms with Crippen LogP contribution in [0.1, 0.15) is 19.3 Å². The Morgan fingerprint density at radius 2 is 1.73 bits per heavy atom. The van der Waals surface area contributed by atoms with Crippen LogP contribution in [0.4, 0.5) is 0 Å². The van der Waals surface area contributed by atoms with Crippen LogP contribution in [0.5, 0.6) is 0 Å². The van der Waals surface area contributed by atoms with E-state index in [4.69, 9.17) is 10.2 Å². The summed E-state index contributed by atoms with van der Waals surface area (Å²) in [7, 11) is 0. The highest BCUT2D eigenvalue weighted by Crippen LogP contribution is 1.93. The third-order valence-electron chi connectivity index (χ3n) is 1.47. The number of nitrogens with one attached hydrogen (secondary N) is 1. The number of carboxylic acids is 2. The summed E-state index contributed by atoms with van der Waals surface area (Å²) >= 11 is 0. The Balaban J connectivity index is 3.95. The minimum atomic E-state index is -1.22. The lowest BCUT2D eigenvalue weighted by Crippen LogP contribution is -2.37. The minimum Gasteiger partial charge on any atom is -0.481 e. The Bertz CT molecular complexity index is 274. The maximum atomic E-state index is 11.0. The lowest BCUT2D eigenvalue weighted by Gasteiger charge is -2.09. The minimum absolute atomic E-state index is 0.278. The highest BCUT2D eigenvalue weighted by molar-refractivity contribution is 5.84. The van der Waals surface area contributed by atoms with E-state index in [1.165, 1.54) is 0 Å². The average molecular weight is 217 g/mol. The van der Waals surface area contributed by atoms with Gasteiger partial charge in [0.2, 0.25) is 5.91 Å². The summed E-state index contributed by atoms with van der Waals surface area (Å²) < 4.78 is 0. The topological polar surface area (TPSA) is 121 Å². The predicted octanol–water partition coefficient (Wildman–Crippen LogP) is -0.990. The van der Waals surface area contributed by atoms with E-state index in [-0.39, 0.29) is 12.8 Å². The van der Waals surface area contributed by atoms with Crippen LogP contribution in [-0.2, 0) is 19.2 Å². The molecule has 0 aromatic rings. The van der Waals surface area contributed by atoms with Crippen LogP contribution in [0.25, 0.3) is 0 Å². The van der Waals surface area contributed by atoms with Gasteiger partial charge in [-0.3, -0.25) is 14.4 Å². The molecule has 0 spiro atoms. The van der Waals surface area contributed by atoms with Gasteiger partial charge in [0, 0.05) is 6.42 Å². The first-order chi connectivity index (χ1) is 6.95. The van der Waals surface area contributed by atoms with E-state index in [1.54, 1.807) is 0 Å². The first kappa shape index (κ1) is 13.1. The van der Waals surface area contributed by atoms with Crippen LogP contribution < -0.4 is 5.32 Å². The second kappa shape index (κ2) is 6.52. The quantitative estimate of drug-likeness (QED) is 0.471. The summed E-state index contributed by atoms with van der Waals surface area (Å²) in [5.41, 5.74) is 0. The smallest absolute Gasteiger partial charge is 0.305 e. The van der Waals surface area contributed by atoms with Gasteiger partial charge in [-0.25, -0.2) is 0 Å². The lowest BCUT2D eigenvalue weighted by molar-refractivity contribution is -0.140.